The zero-order valence-corrected chi connectivity index (χ0v) is 20.6. The summed E-state index contributed by atoms with van der Waals surface area (Å²) in [6.45, 7) is 8.02. The molecule has 4 rings (SSSR count). The molecule has 2 fully saturated rings. The van der Waals surface area contributed by atoms with Crippen LogP contribution < -0.4 is 4.74 Å². The standard InChI is InChI=1S/C26H34FN3O2.ClH/c1-20(2)19-32-24-10-6-21(7-11-24)17-29-25(31)16-26(12-14-28(3)15-13-26)30(29)18-22-4-8-23(27)9-5-22;/h4-11,20H,12-19H2,1-3H3;1H. The van der Waals surface area contributed by atoms with Gasteiger partial charge in [-0.05, 0) is 74.3 Å². The number of carbonyl (C=O) groups is 1. The highest BCUT2D eigenvalue weighted by Crippen LogP contribution is 2.41. The molecule has 1 amide bonds. The molecular weight excluding hydrogens is 441 g/mol. The molecule has 7 heteroatoms. The van der Waals surface area contributed by atoms with Crippen molar-refractivity contribution in [3.8, 4) is 5.75 Å². The molecule has 2 aliphatic rings. The Kier molecular flexibility index (Phi) is 8.38. The van der Waals surface area contributed by atoms with Crippen molar-refractivity contribution < 1.29 is 13.9 Å². The first-order valence-corrected chi connectivity index (χ1v) is 11.6. The number of hydrogen-bond donors (Lipinski definition) is 0. The van der Waals surface area contributed by atoms with E-state index >= 15 is 0 Å². The molecule has 0 bridgehead atoms. The molecule has 2 saturated heterocycles. The molecule has 0 aromatic heterocycles. The summed E-state index contributed by atoms with van der Waals surface area (Å²) in [5.41, 5.74) is 1.92. The molecule has 0 saturated carbocycles. The lowest BCUT2D eigenvalue weighted by atomic mass is 9.84. The smallest absolute Gasteiger partial charge is 0.239 e. The molecule has 0 aliphatic carbocycles. The Morgan fingerprint density at radius 3 is 2.15 bits per heavy atom. The van der Waals surface area contributed by atoms with E-state index in [0.717, 1.165) is 42.8 Å². The Morgan fingerprint density at radius 2 is 1.55 bits per heavy atom. The highest BCUT2D eigenvalue weighted by Gasteiger charge is 2.50. The average molecular weight is 476 g/mol. The molecule has 2 heterocycles. The first-order chi connectivity index (χ1) is 15.3. The average Bonchev–Trinajstić information content (AvgIpc) is 3.02. The van der Waals surface area contributed by atoms with Gasteiger partial charge in [0.05, 0.1) is 18.7 Å². The Hall–Kier alpha value is -2.15. The maximum Gasteiger partial charge on any atom is 0.239 e. The van der Waals surface area contributed by atoms with Crippen LogP contribution in [-0.4, -0.2) is 53.1 Å². The number of likely N-dealkylation sites (tertiary alicyclic amines) is 1. The minimum Gasteiger partial charge on any atom is -0.493 e. The third-order valence-corrected chi connectivity index (χ3v) is 6.61. The van der Waals surface area contributed by atoms with Crippen molar-refractivity contribution in [2.75, 3.05) is 26.7 Å². The van der Waals surface area contributed by atoms with Gasteiger partial charge >= 0.3 is 0 Å². The van der Waals surface area contributed by atoms with Gasteiger partial charge in [0.15, 0.2) is 0 Å². The van der Waals surface area contributed by atoms with Crippen LogP contribution in [0.15, 0.2) is 48.5 Å². The highest BCUT2D eigenvalue weighted by molar-refractivity contribution is 5.85. The van der Waals surface area contributed by atoms with E-state index in [1.54, 1.807) is 0 Å². The Labute approximate surface area is 202 Å². The number of hydrazine groups is 1. The van der Waals surface area contributed by atoms with E-state index in [9.17, 15) is 9.18 Å². The molecule has 2 aliphatic heterocycles. The number of halogens is 2. The third kappa shape index (κ3) is 6.05. The molecule has 33 heavy (non-hydrogen) atoms. The normalized spacial score (nSPS) is 18.7. The van der Waals surface area contributed by atoms with E-state index in [0.29, 0.717) is 32.0 Å². The van der Waals surface area contributed by atoms with Crippen molar-refractivity contribution in [1.82, 2.24) is 14.9 Å². The number of hydrogen-bond acceptors (Lipinski definition) is 4. The summed E-state index contributed by atoms with van der Waals surface area (Å²) in [5.74, 6) is 1.25. The largest absolute Gasteiger partial charge is 0.493 e. The van der Waals surface area contributed by atoms with Crippen molar-refractivity contribution >= 4 is 18.3 Å². The fourth-order valence-electron chi connectivity index (χ4n) is 4.64. The lowest BCUT2D eigenvalue weighted by molar-refractivity contribution is -0.145. The van der Waals surface area contributed by atoms with Crippen LogP contribution in [0.4, 0.5) is 4.39 Å². The second kappa shape index (κ2) is 10.9. The molecule has 2 aromatic carbocycles. The first-order valence-electron chi connectivity index (χ1n) is 11.6. The number of benzene rings is 2. The fraction of sp³-hybridized carbons (Fsp3) is 0.500. The van der Waals surface area contributed by atoms with Crippen LogP contribution >= 0.6 is 12.4 Å². The number of amides is 1. The fourth-order valence-corrected chi connectivity index (χ4v) is 4.64. The van der Waals surface area contributed by atoms with E-state index < -0.39 is 0 Å². The van der Waals surface area contributed by atoms with Gasteiger partial charge in [0.2, 0.25) is 5.91 Å². The van der Waals surface area contributed by atoms with Gasteiger partial charge in [-0.15, -0.1) is 12.4 Å². The van der Waals surface area contributed by atoms with Crippen LogP contribution in [0.3, 0.4) is 0 Å². The van der Waals surface area contributed by atoms with E-state index in [-0.39, 0.29) is 29.7 Å². The van der Waals surface area contributed by atoms with Gasteiger partial charge < -0.3 is 9.64 Å². The summed E-state index contributed by atoms with van der Waals surface area (Å²) >= 11 is 0. The predicted molar refractivity (Wildman–Crippen MR) is 131 cm³/mol. The van der Waals surface area contributed by atoms with Crippen LogP contribution in [0.25, 0.3) is 0 Å². The summed E-state index contributed by atoms with van der Waals surface area (Å²) in [7, 11) is 2.13. The number of piperidine rings is 1. The molecule has 0 radical (unpaired) electrons. The quantitative estimate of drug-likeness (QED) is 0.571. The van der Waals surface area contributed by atoms with E-state index in [4.69, 9.17) is 4.74 Å². The summed E-state index contributed by atoms with van der Waals surface area (Å²) in [6.07, 6.45) is 2.45. The summed E-state index contributed by atoms with van der Waals surface area (Å²) < 4.78 is 19.3. The summed E-state index contributed by atoms with van der Waals surface area (Å²) in [4.78, 5) is 15.5. The molecule has 1 spiro atoms. The highest BCUT2D eigenvalue weighted by atomic mass is 35.5. The molecular formula is C26H35ClFN3O2. The second-order valence-electron chi connectivity index (χ2n) is 9.69. The maximum atomic E-state index is 13.5. The van der Waals surface area contributed by atoms with E-state index in [1.165, 1.54) is 12.1 Å². The van der Waals surface area contributed by atoms with Crippen LogP contribution in [-0.2, 0) is 17.9 Å². The summed E-state index contributed by atoms with van der Waals surface area (Å²) in [6, 6.07) is 14.7. The topological polar surface area (TPSA) is 36.0 Å². The Bertz CT molecular complexity index is 912. The Morgan fingerprint density at radius 1 is 0.970 bits per heavy atom. The monoisotopic (exact) mass is 475 g/mol. The molecule has 0 unspecified atom stereocenters. The molecule has 0 N–H and O–H groups in total. The number of ether oxygens (including phenoxy) is 1. The van der Waals surface area contributed by atoms with Crippen LogP contribution in [0.1, 0.15) is 44.2 Å². The van der Waals surface area contributed by atoms with Crippen molar-refractivity contribution in [3.05, 3.63) is 65.5 Å². The molecule has 5 nitrogen and oxygen atoms in total. The zero-order valence-electron chi connectivity index (χ0n) is 19.8. The first kappa shape index (κ1) is 25.5. The lowest BCUT2D eigenvalue weighted by Gasteiger charge is -2.45. The molecule has 2 aromatic rings. The Balaban J connectivity index is 0.00000306. The SMILES string of the molecule is CC(C)COc1ccc(CN2C(=O)CC3(CCN(C)CC3)N2Cc2ccc(F)cc2)cc1.Cl. The van der Waals surface area contributed by atoms with E-state index in [2.05, 4.69) is 30.8 Å². The number of nitrogens with zero attached hydrogens (tertiary/aromatic N) is 3. The van der Waals surface area contributed by atoms with Crippen LogP contribution in [0.2, 0.25) is 0 Å². The van der Waals surface area contributed by atoms with Crippen molar-refractivity contribution in [1.29, 1.82) is 0 Å². The lowest BCUT2D eigenvalue weighted by Crippen LogP contribution is -2.54. The van der Waals surface area contributed by atoms with Gasteiger partial charge in [-0.2, -0.15) is 0 Å². The number of rotatable bonds is 7. The van der Waals surface area contributed by atoms with Crippen LogP contribution in [0, 0.1) is 11.7 Å². The van der Waals surface area contributed by atoms with Crippen LogP contribution in [0.5, 0.6) is 5.75 Å². The minimum atomic E-state index is -0.239. The van der Waals surface area contributed by atoms with Gasteiger partial charge in [0, 0.05) is 13.0 Å². The van der Waals surface area contributed by atoms with Gasteiger partial charge in [0.1, 0.15) is 11.6 Å². The van der Waals surface area contributed by atoms with Gasteiger partial charge in [-0.25, -0.2) is 9.40 Å². The molecule has 180 valence electrons. The second-order valence-corrected chi connectivity index (χ2v) is 9.69. The van der Waals surface area contributed by atoms with Gasteiger partial charge in [0.25, 0.3) is 0 Å². The minimum absolute atomic E-state index is 0. The number of carbonyl (C=O) groups excluding carboxylic acids is 1. The van der Waals surface area contributed by atoms with Crippen molar-refractivity contribution in [2.45, 2.75) is 51.7 Å². The third-order valence-electron chi connectivity index (χ3n) is 6.61. The van der Waals surface area contributed by atoms with Crippen molar-refractivity contribution in [3.63, 3.8) is 0 Å². The maximum absolute atomic E-state index is 13.5. The van der Waals surface area contributed by atoms with Crippen molar-refractivity contribution in [2.24, 2.45) is 5.92 Å². The van der Waals surface area contributed by atoms with E-state index in [1.807, 2.05) is 41.4 Å². The summed E-state index contributed by atoms with van der Waals surface area (Å²) in [5, 5.41) is 4.18. The molecule has 0 atom stereocenters. The zero-order chi connectivity index (χ0) is 22.7. The van der Waals surface area contributed by atoms with Gasteiger partial charge in [-0.3, -0.25) is 9.80 Å². The van der Waals surface area contributed by atoms with Gasteiger partial charge in [-0.1, -0.05) is 38.1 Å². The predicted octanol–water partition coefficient (Wildman–Crippen LogP) is 4.90.